The largest absolute Gasteiger partial charge is 0.276 e. The molecule has 0 unspecified atom stereocenters. The number of hydrogen-bond acceptors (Lipinski definition) is 4. The zero-order valence-electron chi connectivity index (χ0n) is 20.2. The monoisotopic (exact) mass is 546 g/mol. The van der Waals surface area contributed by atoms with E-state index in [-0.39, 0.29) is 11.6 Å². The molecule has 5 rings (SSSR count). The lowest BCUT2D eigenvalue weighted by molar-refractivity contribution is 0.575. The summed E-state index contributed by atoms with van der Waals surface area (Å²) in [5.74, 6) is 0. The fourth-order valence-electron chi connectivity index (χ4n) is 4.74. The van der Waals surface area contributed by atoms with E-state index in [0.717, 1.165) is 42.9 Å². The van der Waals surface area contributed by atoms with Crippen molar-refractivity contribution < 1.29 is 0 Å². The molecule has 0 spiro atoms. The van der Waals surface area contributed by atoms with Crippen molar-refractivity contribution in [2.24, 2.45) is 7.05 Å². The molecular formula is C28H27BrN4OS. The molecule has 35 heavy (non-hydrogen) atoms. The Labute approximate surface area is 217 Å². The van der Waals surface area contributed by atoms with E-state index in [2.05, 4.69) is 95.0 Å². The number of thiophene rings is 1. The zero-order chi connectivity index (χ0) is 24.7. The Morgan fingerprint density at radius 2 is 1.57 bits per heavy atom. The lowest BCUT2D eigenvalue weighted by Gasteiger charge is -2.21. The molecule has 0 aliphatic heterocycles. The van der Waals surface area contributed by atoms with Gasteiger partial charge in [-0.25, -0.2) is 4.68 Å². The maximum atomic E-state index is 12.9. The van der Waals surface area contributed by atoms with Gasteiger partial charge in [0.2, 0.25) is 0 Å². The van der Waals surface area contributed by atoms with Crippen molar-refractivity contribution in [3.05, 3.63) is 114 Å². The number of benzene rings is 2. The first-order valence-corrected chi connectivity index (χ1v) is 13.3. The van der Waals surface area contributed by atoms with Crippen LogP contribution in [-0.4, -0.2) is 19.6 Å². The fourth-order valence-corrected chi connectivity index (χ4v) is 6.87. The van der Waals surface area contributed by atoms with Gasteiger partial charge in [-0.15, -0.1) is 11.3 Å². The minimum absolute atomic E-state index is 0.0149. The van der Waals surface area contributed by atoms with E-state index in [9.17, 15) is 4.79 Å². The number of hydrogen-bond donors (Lipinski definition) is 0. The highest BCUT2D eigenvalue weighted by Gasteiger charge is 2.24. The summed E-state index contributed by atoms with van der Waals surface area (Å²) in [6.45, 7) is 6.30. The molecule has 3 aromatic heterocycles. The summed E-state index contributed by atoms with van der Waals surface area (Å²) in [6.07, 6.45) is 1.49. The van der Waals surface area contributed by atoms with Crippen LogP contribution in [0, 0.1) is 13.8 Å². The molecule has 0 aliphatic rings. The third kappa shape index (κ3) is 4.17. The molecule has 2 aromatic carbocycles. The molecule has 0 atom stereocenters. The Morgan fingerprint density at radius 3 is 2.14 bits per heavy atom. The van der Waals surface area contributed by atoms with Crippen LogP contribution < -0.4 is 5.56 Å². The molecule has 0 fully saturated rings. The molecule has 0 radical (unpaired) electrons. The van der Waals surface area contributed by atoms with E-state index >= 15 is 0 Å². The number of fused-ring (bicyclic) bond motifs is 1. The third-order valence-corrected chi connectivity index (χ3v) is 8.96. The number of aromatic nitrogens is 4. The Hall–Kier alpha value is -3.03. The molecule has 0 bridgehead atoms. The van der Waals surface area contributed by atoms with Gasteiger partial charge < -0.3 is 0 Å². The molecule has 0 amide bonds. The smallest absolute Gasteiger partial charge is 0.267 e. The summed E-state index contributed by atoms with van der Waals surface area (Å²) in [6, 6.07) is 21.0. The van der Waals surface area contributed by atoms with Crippen LogP contribution in [0.5, 0.6) is 0 Å². The van der Waals surface area contributed by atoms with Gasteiger partial charge in [-0.1, -0.05) is 67.6 Å². The van der Waals surface area contributed by atoms with Gasteiger partial charge in [0.25, 0.3) is 5.56 Å². The second kappa shape index (κ2) is 9.55. The van der Waals surface area contributed by atoms with Gasteiger partial charge in [-0.2, -0.15) is 10.2 Å². The predicted octanol–water partition coefficient (Wildman–Crippen LogP) is 6.36. The van der Waals surface area contributed by atoms with Crippen LogP contribution in [0.25, 0.3) is 10.1 Å². The first kappa shape index (κ1) is 23.7. The normalized spacial score (nSPS) is 11.6. The molecule has 0 aliphatic carbocycles. The first-order chi connectivity index (χ1) is 16.9. The summed E-state index contributed by atoms with van der Waals surface area (Å²) < 4.78 is 5.45. The summed E-state index contributed by atoms with van der Waals surface area (Å²) in [5, 5.41) is 10.3. The van der Waals surface area contributed by atoms with Crippen LogP contribution in [0.15, 0.2) is 69.9 Å². The van der Waals surface area contributed by atoms with Crippen molar-refractivity contribution in [1.82, 2.24) is 19.6 Å². The summed E-state index contributed by atoms with van der Waals surface area (Å²) in [7, 11) is 1.72. The number of rotatable bonds is 6. The fraction of sp³-hybridized carbons (Fsp3) is 0.250. The van der Waals surface area contributed by atoms with Crippen molar-refractivity contribution in [1.29, 1.82) is 0 Å². The molecule has 178 valence electrons. The van der Waals surface area contributed by atoms with Crippen LogP contribution >= 0.6 is 27.3 Å². The van der Waals surface area contributed by atoms with Crippen LogP contribution in [0.3, 0.4) is 0 Å². The van der Waals surface area contributed by atoms with E-state index in [1.54, 1.807) is 18.4 Å². The van der Waals surface area contributed by atoms with Gasteiger partial charge >= 0.3 is 0 Å². The molecule has 0 N–H and O–H groups in total. The van der Waals surface area contributed by atoms with Gasteiger partial charge in [-0.3, -0.25) is 9.48 Å². The third-order valence-electron chi connectivity index (χ3n) is 6.58. The second-order valence-electron chi connectivity index (χ2n) is 8.77. The van der Waals surface area contributed by atoms with Crippen LogP contribution in [0.4, 0.5) is 0 Å². The Morgan fingerprint density at radius 1 is 0.971 bits per heavy atom. The van der Waals surface area contributed by atoms with Gasteiger partial charge in [-0.05, 0) is 47.3 Å². The van der Waals surface area contributed by atoms with Crippen molar-refractivity contribution in [3.63, 3.8) is 0 Å². The van der Waals surface area contributed by atoms with E-state index in [4.69, 9.17) is 5.10 Å². The first-order valence-electron chi connectivity index (χ1n) is 11.7. The number of halogens is 1. The lowest BCUT2D eigenvalue weighted by atomic mass is 9.98. The Kier molecular flexibility index (Phi) is 6.47. The van der Waals surface area contributed by atoms with Crippen molar-refractivity contribution in [3.8, 4) is 0 Å². The maximum absolute atomic E-state index is 12.9. The zero-order valence-corrected chi connectivity index (χ0v) is 22.7. The highest BCUT2D eigenvalue weighted by Crippen LogP contribution is 2.38. The summed E-state index contributed by atoms with van der Waals surface area (Å²) in [4.78, 5) is 14.0. The summed E-state index contributed by atoms with van der Waals surface area (Å²) in [5.41, 5.74) is 6.61. The maximum Gasteiger partial charge on any atom is 0.276 e. The minimum Gasteiger partial charge on any atom is -0.267 e. The highest BCUT2D eigenvalue weighted by atomic mass is 79.9. The molecule has 0 saturated heterocycles. The average Bonchev–Trinajstić information content (AvgIpc) is 3.34. The Bertz CT molecular complexity index is 1530. The second-order valence-corrected chi connectivity index (χ2v) is 10.7. The predicted molar refractivity (Wildman–Crippen MR) is 147 cm³/mol. The van der Waals surface area contributed by atoms with Crippen molar-refractivity contribution in [2.75, 3.05) is 0 Å². The van der Waals surface area contributed by atoms with Crippen LogP contribution in [0.2, 0.25) is 0 Å². The topological polar surface area (TPSA) is 52.7 Å². The van der Waals surface area contributed by atoms with Gasteiger partial charge in [0, 0.05) is 34.1 Å². The summed E-state index contributed by atoms with van der Waals surface area (Å²) >= 11 is 5.42. The molecule has 5 nitrogen and oxygen atoms in total. The van der Waals surface area contributed by atoms with Gasteiger partial charge in [0.1, 0.15) is 6.04 Å². The molecule has 7 heteroatoms. The average molecular weight is 548 g/mol. The molecule has 0 saturated carbocycles. The van der Waals surface area contributed by atoms with Crippen LogP contribution in [0.1, 0.15) is 51.6 Å². The van der Waals surface area contributed by atoms with Crippen molar-refractivity contribution >= 4 is 37.4 Å². The molecular weight excluding hydrogens is 520 g/mol. The van der Waals surface area contributed by atoms with E-state index in [1.807, 2.05) is 12.1 Å². The minimum atomic E-state index is -0.0658. The lowest BCUT2D eigenvalue weighted by Crippen LogP contribution is -2.20. The molecule has 3 heterocycles. The Balaban J connectivity index is 1.63. The number of nitrogens with zero attached hydrogens (tertiary/aromatic N) is 4. The quantitative estimate of drug-likeness (QED) is 0.249. The van der Waals surface area contributed by atoms with Gasteiger partial charge in [0.15, 0.2) is 0 Å². The standard InChI is InChI=1S/C28H27BrN4OS/c1-5-22-27-24(28(34)32(4)31-22)25(29)23(35-27)16-21-17(2)30-33(18(21)3)26(19-12-8-6-9-13-19)20-14-10-7-11-15-20/h6-15,26H,5,16H2,1-4H3. The molecule has 5 aromatic rings. The van der Waals surface area contributed by atoms with E-state index < -0.39 is 0 Å². The number of aryl methyl sites for hydroxylation is 3. The van der Waals surface area contributed by atoms with Crippen molar-refractivity contribution in [2.45, 2.75) is 39.7 Å². The van der Waals surface area contributed by atoms with E-state index in [1.165, 1.54) is 21.4 Å². The van der Waals surface area contributed by atoms with Crippen LogP contribution in [-0.2, 0) is 19.9 Å². The SMILES string of the molecule is CCc1nn(C)c(=O)c2c(Br)c(Cc3c(C)nn(C(c4ccccc4)c4ccccc4)c3C)sc12. The van der Waals surface area contributed by atoms with Gasteiger partial charge in [0.05, 0.1) is 21.5 Å². The highest BCUT2D eigenvalue weighted by molar-refractivity contribution is 9.10. The van der Waals surface area contributed by atoms with E-state index in [0.29, 0.717) is 6.42 Å².